The van der Waals surface area contributed by atoms with Crippen molar-refractivity contribution in [3.63, 3.8) is 0 Å². The lowest BCUT2D eigenvalue weighted by Crippen LogP contribution is -1.81. The maximum Gasteiger partial charge on any atom is 0.123 e. The molecule has 0 saturated heterocycles. The predicted molar refractivity (Wildman–Crippen MR) is 52.7 cm³/mol. The zero-order chi connectivity index (χ0) is 9.52. The van der Waals surface area contributed by atoms with E-state index in [0.29, 0.717) is 6.42 Å². The minimum atomic E-state index is 0.464. The summed E-state index contributed by atoms with van der Waals surface area (Å²) in [6.45, 7) is 0. The molecule has 0 bridgehead atoms. The Hall–Kier alpha value is -1.57. The van der Waals surface area contributed by atoms with Gasteiger partial charge in [0.15, 0.2) is 0 Å². The second-order valence-electron chi connectivity index (χ2n) is 2.58. The van der Waals surface area contributed by atoms with Crippen LogP contribution in [0.3, 0.4) is 0 Å². The molecule has 1 aromatic carbocycles. The van der Waals surface area contributed by atoms with Gasteiger partial charge >= 0.3 is 0 Å². The van der Waals surface area contributed by atoms with Crippen molar-refractivity contribution in [3.8, 4) is 5.75 Å². The van der Waals surface area contributed by atoms with E-state index in [4.69, 9.17) is 4.74 Å². The molecule has 0 amide bonds. The van der Waals surface area contributed by atoms with E-state index < -0.39 is 0 Å². The van der Waals surface area contributed by atoms with Gasteiger partial charge in [0.05, 0.1) is 7.11 Å². The van der Waals surface area contributed by atoms with Crippen molar-refractivity contribution in [1.29, 1.82) is 0 Å². The molecular formula is C11H12O2. The standard InChI is InChI=1S/C11H12O2/c1-13-11-7-5-10(6-8-11)4-2-3-9-12/h2,4-9H,3H2,1H3. The van der Waals surface area contributed by atoms with Gasteiger partial charge < -0.3 is 9.53 Å². The highest BCUT2D eigenvalue weighted by molar-refractivity contribution is 5.58. The summed E-state index contributed by atoms with van der Waals surface area (Å²) in [4.78, 5) is 10.0. The summed E-state index contributed by atoms with van der Waals surface area (Å²) in [6, 6.07) is 7.67. The first kappa shape index (κ1) is 9.52. The Labute approximate surface area is 77.8 Å². The highest BCUT2D eigenvalue weighted by atomic mass is 16.5. The molecule has 0 fully saturated rings. The third-order valence-electron chi connectivity index (χ3n) is 1.66. The number of ether oxygens (including phenoxy) is 1. The molecule has 0 aliphatic carbocycles. The second-order valence-corrected chi connectivity index (χ2v) is 2.58. The fourth-order valence-corrected chi connectivity index (χ4v) is 0.975. The summed E-state index contributed by atoms with van der Waals surface area (Å²) in [5.41, 5.74) is 1.07. The SMILES string of the molecule is COc1ccc(C=CCC=O)cc1. The van der Waals surface area contributed by atoms with Crippen molar-refractivity contribution in [2.24, 2.45) is 0 Å². The average molecular weight is 176 g/mol. The molecule has 1 aromatic rings. The smallest absolute Gasteiger partial charge is 0.123 e. The van der Waals surface area contributed by atoms with Gasteiger partial charge in [0.1, 0.15) is 12.0 Å². The van der Waals surface area contributed by atoms with Gasteiger partial charge in [-0.25, -0.2) is 0 Å². The number of aldehydes is 1. The van der Waals surface area contributed by atoms with E-state index in [9.17, 15) is 4.79 Å². The van der Waals surface area contributed by atoms with Crippen LogP contribution >= 0.6 is 0 Å². The number of methoxy groups -OCH3 is 1. The van der Waals surface area contributed by atoms with Crippen LogP contribution in [0.5, 0.6) is 5.75 Å². The molecule has 0 saturated carbocycles. The maximum absolute atomic E-state index is 10.0. The van der Waals surface area contributed by atoms with E-state index in [-0.39, 0.29) is 0 Å². The van der Waals surface area contributed by atoms with Crippen LogP contribution in [0.25, 0.3) is 6.08 Å². The molecule has 2 heteroatoms. The minimum Gasteiger partial charge on any atom is -0.497 e. The second kappa shape index (κ2) is 5.14. The van der Waals surface area contributed by atoms with E-state index in [2.05, 4.69) is 0 Å². The summed E-state index contributed by atoms with van der Waals surface area (Å²) in [5.74, 6) is 0.840. The minimum absolute atomic E-state index is 0.464. The van der Waals surface area contributed by atoms with E-state index >= 15 is 0 Å². The van der Waals surface area contributed by atoms with Crippen molar-refractivity contribution in [1.82, 2.24) is 0 Å². The molecule has 0 radical (unpaired) electrons. The van der Waals surface area contributed by atoms with Crippen molar-refractivity contribution in [3.05, 3.63) is 35.9 Å². The normalized spacial score (nSPS) is 10.2. The van der Waals surface area contributed by atoms with Crippen LogP contribution in [0.2, 0.25) is 0 Å². The molecule has 0 aliphatic rings. The first-order valence-corrected chi connectivity index (χ1v) is 4.11. The van der Waals surface area contributed by atoms with E-state index in [1.54, 1.807) is 7.11 Å². The molecule has 0 atom stereocenters. The molecular weight excluding hydrogens is 164 g/mol. The highest BCUT2D eigenvalue weighted by Crippen LogP contribution is 2.12. The van der Waals surface area contributed by atoms with Gasteiger partial charge in [-0.1, -0.05) is 24.3 Å². The van der Waals surface area contributed by atoms with Gasteiger partial charge in [-0.15, -0.1) is 0 Å². The number of benzene rings is 1. The number of hydrogen-bond donors (Lipinski definition) is 0. The third kappa shape index (κ3) is 3.11. The van der Waals surface area contributed by atoms with Gasteiger partial charge in [-0.05, 0) is 17.7 Å². The van der Waals surface area contributed by atoms with Crippen LogP contribution in [0.1, 0.15) is 12.0 Å². The van der Waals surface area contributed by atoms with Gasteiger partial charge in [-0.2, -0.15) is 0 Å². The molecule has 1 rings (SSSR count). The van der Waals surface area contributed by atoms with Gasteiger partial charge in [0.25, 0.3) is 0 Å². The number of carbonyl (C=O) groups excluding carboxylic acids is 1. The molecule has 0 aliphatic heterocycles. The zero-order valence-corrected chi connectivity index (χ0v) is 7.57. The Morgan fingerprint density at radius 2 is 2.00 bits per heavy atom. The Kier molecular flexibility index (Phi) is 3.76. The lowest BCUT2D eigenvalue weighted by molar-refractivity contribution is -0.107. The molecule has 0 heterocycles. The zero-order valence-electron chi connectivity index (χ0n) is 7.57. The summed E-state index contributed by atoms with van der Waals surface area (Å²) in [7, 11) is 1.64. The number of hydrogen-bond acceptors (Lipinski definition) is 2. The molecule has 68 valence electrons. The molecule has 2 nitrogen and oxygen atoms in total. The van der Waals surface area contributed by atoms with Crippen molar-refractivity contribution >= 4 is 12.4 Å². The largest absolute Gasteiger partial charge is 0.497 e. The summed E-state index contributed by atoms with van der Waals surface area (Å²) < 4.78 is 5.01. The van der Waals surface area contributed by atoms with Crippen LogP contribution in [-0.2, 0) is 4.79 Å². The molecule has 13 heavy (non-hydrogen) atoms. The summed E-state index contributed by atoms with van der Waals surface area (Å²) in [5, 5.41) is 0. The predicted octanol–water partition coefficient (Wildman–Crippen LogP) is 2.30. The fourth-order valence-electron chi connectivity index (χ4n) is 0.975. The molecule has 0 aromatic heterocycles. The van der Waals surface area contributed by atoms with Gasteiger partial charge in [0.2, 0.25) is 0 Å². The lowest BCUT2D eigenvalue weighted by Gasteiger charge is -1.98. The molecule has 0 spiro atoms. The average Bonchev–Trinajstić information content (AvgIpc) is 2.19. The van der Waals surface area contributed by atoms with Crippen LogP contribution in [-0.4, -0.2) is 13.4 Å². The number of rotatable bonds is 4. The van der Waals surface area contributed by atoms with Gasteiger partial charge in [-0.3, -0.25) is 0 Å². The number of carbonyl (C=O) groups is 1. The monoisotopic (exact) mass is 176 g/mol. The van der Waals surface area contributed by atoms with E-state index in [0.717, 1.165) is 17.6 Å². The Morgan fingerprint density at radius 3 is 2.54 bits per heavy atom. The lowest BCUT2D eigenvalue weighted by atomic mass is 10.2. The quantitative estimate of drug-likeness (QED) is 0.658. The van der Waals surface area contributed by atoms with Crippen LogP contribution in [0, 0.1) is 0 Å². The third-order valence-corrected chi connectivity index (χ3v) is 1.66. The van der Waals surface area contributed by atoms with E-state index in [1.807, 2.05) is 36.4 Å². The Morgan fingerprint density at radius 1 is 1.31 bits per heavy atom. The molecule has 0 unspecified atom stereocenters. The highest BCUT2D eigenvalue weighted by Gasteiger charge is 1.88. The fraction of sp³-hybridized carbons (Fsp3) is 0.182. The van der Waals surface area contributed by atoms with Crippen molar-refractivity contribution in [2.75, 3.05) is 7.11 Å². The Balaban J connectivity index is 2.63. The maximum atomic E-state index is 10.0. The van der Waals surface area contributed by atoms with Gasteiger partial charge in [0, 0.05) is 6.42 Å². The summed E-state index contributed by atoms with van der Waals surface area (Å²) >= 11 is 0. The van der Waals surface area contributed by atoms with Crippen molar-refractivity contribution < 1.29 is 9.53 Å². The van der Waals surface area contributed by atoms with Crippen LogP contribution in [0.15, 0.2) is 30.3 Å². The number of allylic oxidation sites excluding steroid dienone is 1. The summed E-state index contributed by atoms with van der Waals surface area (Å²) in [6.07, 6.45) is 5.08. The first-order valence-electron chi connectivity index (χ1n) is 4.11. The van der Waals surface area contributed by atoms with Crippen molar-refractivity contribution in [2.45, 2.75) is 6.42 Å². The van der Waals surface area contributed by atoms with E-state index in [1.165, 1.54) is 0 Å². The Bertz CT molecular complexity index is 285. The first-order chi connectivity index (χ1) is 6.36. The van der Waals surface area contributed by atoms with Crippen LogP contribution < -0.4 is 4.74 Å². The van der Waals surface area contributed by atoms with Crippen LogP contribution in [0.4, 0.5) is 0 Å². The topological polar surface area (TPSA) is 26.3 Å². The molecule has 0 N–H and O–H groups in total.